The Labute approximate surface area is 172 Å². The van der Waals surface area contributed by atoms with Gasteiger partial charge in [-0.15, -0.1) is 0 Å². The van der Waals surface area contributed by atoms with Gasteiger partial charge in [0.15, 0.2) is 0 Å². The molecule has 1 aliphatic heterocycles. The summed E-state index contributed by atoms with van der Waals surface area (Å²) in [5, 5.41) is 5.08. The molecule has 6 heteroatoms. The average molecular weight is 418 g/mol. The fraction of sp³-hybridized carbons (Fsp3) is 0.0952. The van der Waals surface area contributed by atoms with Gasteiger partial charge >= 0.3 is 0 Å². The largest absolute Gasteiger partial charge is 0.361 e. The Hall–Kier alpha value is -2.20. The number of rotatable bonds is 4. The van der Waals surface area contributed by atoms with E-state index in [4.69, 9.17) is 34.8 Å². The Balaban J connectivity index is 1.72. The first kappa shape index (κ1) is 18.2. The van der Waals surface area contributed by atoms with E-state index in [1.165, 1.54) is 0 Å². The molecule has 4 rings (SSSR count). The molecule has 1 aliphatic rings. The molecule has 3 nitrogen and oxygen atoms in total. The molecule has 3 aromatic carbocycles. The van der Waals surface area contributed by atoms with Crippen molar-refractivity contribution in [3.05, 3.63) is 98.5 Å². The van der Waals surface area contributed by atoms with Crippen molar-refractivity contribution in [3.8, 4) is 0 Å². The molecule has 0 bridgehead atoms. The Morgan fingerprint density at radius 1 is 0.889 bits per heavy atom. The number of amides is 1. The summed E-state index contributed by atoms with van der Waals surface area (Å²) in [5.41, 5.74) is 3.21. The van der Waals surface area contributed by atoms with Crippen LogP contribution in [0.3, 0.4) is 0 Å². The first-order chi connectivity index (χ1) is 13.0. The monoisotopic (exact) mass is 416 g/mol. The highest BCUT2D eigenvalue weighted by atomic mass is 35.5. The third kappa shape index (κ3) is 3.63. The van der Waals surface area contributed by atoms with E-state index in [0.717, 1.165) is 16.8 Å². The van der Waals surface area contributed by atoms with E-state index in [2.05, 4.69) is 5.32 Å². The molecule has 0 aliphatic carbocycles. The smallest absolute Gasteiger partial charge is 0.256 e. The zero-order valence-corrected chi connectivity index (χ0v) is 16.4. The molecule has 0 saturated carbocycles. The molecule has 1 N–H and O–H groups in total. The van der Waals surface area contributed by atoms with Gasteiger partial charge < -0.3 is 10.2 Å². The molecule has 0 radical (unpaired) electrons. The van der Waals surface area contributed by atoms with Gasteiger partial charge in [0, 0.05) is 38.4 Å². The number of nitrogens with zero attached hydrogens (tertiary/aromatic N) is 1. The minimum Gasteiger partial charge on any atom is -0.361 e. The normalized spacial score (nSPS) is 15.7. The van der Waals surface area contributed by atoms with Gasteiger partial charge in [-0.1, -0.05) is 71.2 Å². The van der Waals surface area contributed by atoms with Gasteiger partial charge in [-0.05, 0) is 35.9 Å². The van der Waals surface area contributed by atoms with Crippen molar-refractivity contribution in [1.29, 1.82) is 0 Å². The Morgan fingerprint density at radius 3 is 2.30 bits per heavy atom. The molecule has 3 aromatic rings. The maximum Gasteiger partial charge on any atom is 0.256 e. The quantitative estimate of drug-likeness (QED) is 0.531. The summed E-state index contributed by atoms with van der Waals surface area (Å²) in [6.07, 6.45) is -0.348. The summed E-state index contributed by atoms with van der Waals surface area (Å²) >= 11 is 18.6. The molecule has 0 fully saturated rings. The minimum atomic E-state index is -0.348. The minimum absolute atomic E-state index is 0.0452. The average Bonchev–Trinajstić information content (AvgIpc) is 2.89. The Morgan fingerprint density at radius 2 is 1.56 bits per heavy atom. The van der Waals surface area contributed by atoms with Gasteiger partial charge in [0.25, 0.3) is 5.91 Å². The van der Waals surface area contributed by atoms with Crippen molar-refractivity contribution in [1.82, 2.24) is 4.90 Å². The molecule has 136 valence electrons. The van der Waals surface area contributed by atoms with Gasteiger partial charge in [-0.25, -0.2) is 0 Å². The number of carbonyl (C=O) groups excluding carboxylic acids is 1. The predicted molar refractivity (Wildman–Crippen MR) is 111 cm³/mol. The highest BCUT2D eigenvalue weighted by Crippen LogP contribution is 2.37. The van der Waals surface area contributed by atoms with Crippen LogP contribution in [0, 0.1) is 0 Å². The van der Waals surface area contributed by atoms with E-state index in [-0.39, 0.29) is 12.1 Å². The van der Waals surface area contributed by atoms with Crippen molar-refractivity contribution in [2.75, 3.05) is 5.32 Å². The lowest BCUT2D eigenvalue weighted by Gasteiger charge is -2.27. The molecular weight excluding hydrogens is 403 g/mol. The van der Waals surface area contributed by atoms with E-state index in [1.54, 1.807) is 23.1 Å². The lowest BCUT2D eigenvalue weighted by molar-refractivity contribution is 0.0729. The second-order valence-corrected chi connectivity index (χ2v) is 7.60. The number of carbonyl (C=O) groups is 1. The molecule has 0 spiro atoms. The number of hydrogen-bond acceptors (Lipinski definition) is 2. The maximum absolute atomic E-state index is 13.0. The number of halogens is 3. The molecular formula is C21H15Cl3N2O. The van der Waals surface area contributed by atoms with Crippen LogP contribution < -0.4 is 5.32 Å². The van der Waals surface area contributed by atoms with Gasteiger partial charge in [-0.2, -0.15) is 0 Å². The summed E-state index contributed by atoms with van der Waals surface area (Å²) in [6.45, 7) is 0.388. The molecule has 0 aromatic heterocycles. The second kappa shape index (κ2) is 7.43. The molecule has 0 unspecified atom stereocenters. The third-order valence-corrected chi connectivity index (χ3v) is 5.33. The summed E-state index contributed by atoms with van der Waals surface area (Å²) in [6, 6.07) is 20.3. The zero-order chi connectivity index (χ0) is 19.0. The fourth-order valence-electron chi connectivity index (χ4n) is 3.29. The van der Waals surface area contributed by atoms with Crippen LogP contribution in [0.2, 0.25) is 15.1 Å². The summed E-state index contributed by atoms with van der Waals surface area (Å²) in [5.74, 6) is -0.0452. The molecule has 1 atom stereocenters. The topological polar surface area (TPSA) is 32.3 Å². The van der Waals surface area contributed by atoms with Crippen molar-refractivity contribution in [3.63, 3.8) is 0 Å². The number of nitrogens with one attached hydrogen (secondary N) is 1. The van der Waals surface area contributed by atoms with Gasteiger partial charge in [0.2, 0.25) is 0 Å². The first-order valence-corrected chi connectivity index (χ1v) is 9.52. The zero-order valence-electron chi connectivity index (χ0n) is 14.1. The van der Waals surface area contributed by atoms with Gasteiger partial charge in [0.05, 0.1) is 0 Å². The lowest BCUT2D eigenvalue weighted by atomic mass is 10.1. The van der Waals surface area contributed by atoms with E-state index >= 15 is 0 Å². The van der Waals surface area contributed by atoms with Crippen molar-refractivity contribution in [2.24, 2.45) is 0 Å². The Bertz CT molecular complexity index is 1000. The molecule has 27 heavy (non-hydrogen) atoms. The Kier molecular flexibility index (Phi) is 5.00. The summed E-state index contributed by atoms with van der Waals surface area (Å²) in [7, 11) is 0. The van der Waals surface area contributed by atoms with Crippen LogP contribution in [0.25, 0.3) is 0 Å². The van der Waals surface area contributed by atoms with Crippen LogP contribution in [0.1, 0.15) is 27.7 Å². The molecule has 1 heterocycles. The number of anilines is 1. The van der Waals surface area contributed by atoms with Gasteiger partial charge in [0.1, 0.15) is 6.17 Å². The fourth-order valence-corrected chi connectivity index (χ4v) is 4.02. The van der Waals surface area contributed by atoms with E-state index in [0.29, 0.717) is 27.2 Å². The van der Waals surface area contributed by atoms with E-state index in [1.807, 2.05) is 48.5 Å². The lowest BCUT2D eigenvalue weighted by Crippen LogP contribution is -2.32. The maximum atomic E-state index is 13.0. The van der Waals surface area contributed by atoms with E-state index < -0.39 is 0 Å². The van der Waals surface area contributed by atoms with Crippen LogP contribution in [-0.2, 0) is 6.54 Å². The van der Waals surface area contributed by atoms with Crippen molar-refractivity contribution < 1.29 is 4.79 Å². The van der Waals surface area contributed by atoms with E-state index in [9.17, 15) is 4.79 Å². The predicted octanol–water partition coefficient (Wildman–Crippen LogP) is 6.41. The first-order valence-electron chi connectivity index (χ1n) is 8.39. The highest BCUT2D eigenvalue weighted by molar-refractivity contribution is 6.35. The van der Waals surface area contributed by atoms with Crippen LogP contribution in [0.5, 0.6) is 0 Å². The molecule has 0 saturated heterocycles. The third-order valence-electron chi connectivity index (χ3n) is 4.52. The number of hydrogen-bond donors (Lipinski definition) is 1. The SMILES string of the molecule is O=C1c2ccccc2[C@H](Nc2cc(Cl)cc(Cl)c2)N1Cc1ccccc1Cl. The van der Waals surface area contributed by atoms with Crippen molar-refractivity contribution >= 4 is 46.4 Å². The highest BCUT2D eigenvalue weighted by Gasteiger charge is 2.36. The standard InChI is InChI=1S/C21H15Cl3N2O/c22-14-9-15(23)11-16(10-14)25-20-17-6-2-3-7-18(17)21(27)26(20)12-13-5-1-4-8-19(13)24/h1-11,20,25H,12H2/t20-/m1/s1. The van der Waals surface area contributed by atoms with Gasteiger partial charge in [-0.3, -0.25) is 4.79 Å². The van der Waals surface area contributed by atoms with Crippen LogP contribution in [0.15, 0.2) is 66.7 Å². The summed E-state index contributed by atoms with van der Waals surface area (Å²) in [4.78, 5) is 14.8. The second-order valence-electron chi connectivity index (χ2n) is 6.32. The number of benzene rings is 3. The summed E-state index contributed by atoms with van der Waals surface area (Å²) < 4.78 is 0. The van der Waals surface area contributed by atoms with Crippen LogP contribution >= 0.6 is 34.8 Å². The van der Waals surface area contributed by atoms with Crippen LogP contribution in [0.4, 0.5) is 5.69 Å². The van der Waals surface area contributed by atoms with Crippen molar-refractivity contribution in [2.45, 2.75) is 12.7 Å². The van der Waals surface area contributed by atoms with Crippen LogP contribution in [-0.4, -0.2) is 10.8 Å². The molecule has 1 amide bonds. The number of fused-ring (bicyclic) bond motifs is 1.